The number of nitrogen functional groups attached to an aromatic ring is 1. The molecule has 4 N–H and O–H groups in total. The van der Waals surface area contributed by atoms with Gasteiger partial charge in [0.05, 0.1) is 6.26 Å². The summed E-state index contributed by atoms with van der Waals surface area (Å²) in [6.07, 6.45) is 2.96. The minimum atomic E-state index is -3.15. The van der Waals surface area contributed by atoms with E-state index in [1.54, 1.807) is 6.07 Å². The molecular formula is C8H15N5O2S2. The highest BCUT2D eigenvalue weighted by Gasteiger charge is 2.02. The number of thioether (sulfide) groups is 1. The van der Waals surface area contributed by atoms with Crippen LogP contribution in [0, 0.1) is 0 Å². The SMILES string of the molecule is CSc1nc(N)cc(NCCNS(C)(=O)=O)n1. The maximum Gasteiger partial charge on any atom is 0.208 e. The van der Waals surface area contributed by atoms with Crippen molar-refractivity contribution in [1.82, 2.24) is 14.7 Å². The average Bonchev–Trinajstić information content (AvgIpc) is 2.22. The summed E-state index contributed by atoms with van der Waals surface area (Å²) in [4.78, 5) is 8.17. The van der Waals surface area contributed by atoms with E-state index in [4.69, 9.17) is 5.73 Å². The molecule has 0 saturated heterocycles. The summed E-state index contributed by atoms with van der Waals surface area (Å²) in [5.41, 5.74) is 5.59. The Hall–Kier alpha value is -1.06. The second-order valence-electron chi connectivity index (χ2n) is 3.26. The van der Waals surface area contributed by atoms with Crippen LogP contribution in [-0.2, 0) is 10.0 Å². The van der Waals surface area contributed by atoms with Crippen molar-refractivity contribution in [3.8, 4) is 0 Å². The van der Waals surface area contributed by atoms with E-state index in [0.29, 0.717) is 23.3 Å². The van der Waals surface area contributed by atoms with E-state index < -0.39 is 10.0 Å². The van der Waals surface area contributed by atoms with Crippen molar-refractivity contribution in [2.24, 2.45) is 0 Å². The molecule has 96 valence electrons. The van der Waals surface area contributed by atoms with Crippen LogP contribution in [0.1, 0.15) is 0 Å². The van der Waals surface area contributed by atoms with Gasteiger partial charge < -0.3 is 11.1 Å². The second-order valence-corrected chi connectivity index (χ2v) is 5.86. The van der Waals surface area contributed by atoms with Gasteiger partial charge in [-0.15, -0.1) is 0 Å². The van der Waals surface area contributed by atoms with E-state index >= 15 is 0 Å². The molecule has 1 rings (SSSR count). The Labute approximate surface area is 105 Å². The van der Waals surface area contributed by atoms with E-state index in [2.05, 4.69) is 20.0 Å². The van der Waals surface area contributed by atoms with Crippen LogP contribution in [0.25, 0.3) is 0 Å². The molecule has 0 fully saturated rings. The summed E-state index contributed by atoms with van der Waals surface area (Å²) in [6.45, 7) is 0.717. The van der Waals surface area contributed by atoms with Crippen LogP contribution in [0.2, 0.25) is 0 Å². The lowest BCUT2D eigenvalue weighted by Crippen LogP contribution is -2.27. The van der Waals surface area contributed by atoms with Crippen molar-refractivity contribution in [3.05, 3.63) is 6.07 Å². The van der Waals surface area contributed by atoms with Gasteiger partial charge in [0.1, 0.15) is 11.6 Å². The Morgan fingerprint density at radius 3 is 2.71 bits per heavy atom. The van der Waals surface area contributed by atoms with Crippen LogP contribution in [0.5, 0.6) is 0 Å². The number of aromatic nitrogens is 2. The summed E-state index contributed by atoms with van der Waals surface area (Å²) < 4.78 is 24.0. The van der Waals surface area contributed by atoms with Crippen molar-refractivity contribution in [1.29, 1.82) is 0 Å². The van der Waals surface area contributed by atoms with Gasteiger partial charge in [0.15, 0.2) is 5.16 Å². The standard InChI is InChI=1S/C8H15N5O2S2/c1-16-8-12-6(9)5-7(13-8)10-3-4-11-17(2,14)15/h5,11H,3-4H2,1-2H3,(H3,9,10,12,13). The Morgan fingerprint density at radius 2 is 2.12 bits per heavy atom. The van der Waals surface area contributed by atoms with Crippen LogP contribution in [0.4, 0.5) is 11.6 Å². The van der Waals surface area contributed by atoms with Crippen molar-refractivity contribution >= 4 is 33.4 Å². The minimum Gasteiger partial charge on any atom is -0.383 e. The summed E-state index contributed by atoms with van der Waals surface area (Å²) in [6, 6.07) is 1.60. The summed E-state index contributed by atoms with van der Waals surface area (Å²) in [7, 11) is -3.15. The first-order chi connectivity index (χ1) is 7.90. The minimum absolute atomic E-state index is 0.289. The fourth-order valence-corrected chi connectivity index (χ4v) is 1.91. The topological polar surface area (TPSA) is 110 Å². The van der Waals surface area contributed by atoms with Gasteiger partial charge in [0.25, 0.3) is 0 Å². The fraction of sp³-hybridized carbons (Fsp3) is 0.500. The maximum atomic E-state index is 10.8. The molecule has 0 amide bonds. The van der Waals surface area contributed by atoms with Gasteiger partial charge in [0.2, 0.25) is 10.0 Å². The highest BCUT2D eigenvalue weighted by Crippen LogP contribution is 2.14. The Kier molecular flexibility index (Phi) is 4.97. The van der Waals surface area contributed by atoms with E-state index in [9.17, 15) is 8.42 Å². The van der Waals surface area contributed by atoms with Gasteiger partial charge in [-0.2, -0.15) is 0 Å². The predicted molar refractivity (Wildman–Crippen MR) is 69.6 cm³/mol. The van der Waals surface area contributed by atoms with Crippen LogP contribution in [-0.4, -0.2) is 44.0 Å². The van der Waals surface area contributed by atoms with Gasteiger partial charge >= 0.3 is 0 Å². The molecule has 0 aliphatic rings. The van der Waals surface area contributed by atoms with Gasteiger partial charge in [-0.1, -0.05) is 11.8 Å². The summed E-state index contributed by atoms with van der Waals surface area (Å²) >= 11 is 1.39. The van der Waals surface area contributed by atoms with E-state index in [0.717, 1.165) is 6.26 Å². The van der Waals surface area contributed by atoms with Crippen molar-refractivity contribution in [3.63, 3.8) is 0 Å². The average molecular weight is 277 g/mol. The molecule has 0 spiro atoms. The molecule has 17 heavy (non-hydrogen) atoms. The molecule has 0 bridgehead atoms. The highest BCUT2D eigenvalue weighted by molar-refractivity contribution is 7.98. The number of hydrogen-bond donors (Lipinski definition) is 3. The Morgan fingerprint density at radius 1 is 1.41 bits per heavy atom. The zero-order valence-electron chi connectivity index (χ0n) is 9.60. The molecule has 0 atom stereocenters. The molecule has 0 saturated carbocycles. The molecule has 1 heterocycles. The van der Waals surface area contributed by atoms with E-state index in [1.165, 1.54) is 11.8 Å². The third-order valence-electron chi connectivity index (χ3n) is 1.70. The number of anilines is 2. The molecule has 7 nitrogen and oxygen atoms in total. The summed E-state index contributed by atoms with van der Waals surface area (Å²) in [5.74, 6) is 0.958. The monoisotopic (exact) mass is 277 g/mol. The molecule has 0 aliphatic heterocycles. The number of rotatable bonds is 6. The first-order valence-electron chi connectivity index (χ1n) is 4.78. The lowest BCUT2D eigenvalue weighted by Gasteiger charge is -2.07. The smallest absolute Gasteiger partial charge is 0.208 e. The van der Waals surface area contributed by atoms with Gasteiger partial charge in [-0.25, -0.2) is 23.1 Å². The van der Waals surface area contributed by atoms with E-state index in [1.807, 2.05) is 6.26 Å². The number of sulfonamides is 1. The molecule has 9 heteroatoms. The maximum absolute atomic E-state index is 10.8. The third-order valence-corrected chi connectivity index (χ3v) is 2.98. The highest BCUT2D eigenvalue weighted by atomic mass is 32.2. The van der Waals surface area contributed by atoms with Crippen LogP contribution in [0.3, 0.4) is 0 Å². The van der Waals surface area contributed by atoms with Gasteiger partial charge in [0, 0.05) is 19.2 Å². The van der Waals surface area contributed by atoms with Crippen LogP contribution in [0.15, 0.2) is 11.2 Å². The number of nitrogens with zero attached hydrogens (tertiary/aromatic N) is 2. The largest absolute Gasteiger partial charge is 0.383 e. The molecule has 1 aromatic heterocycles. The van der Waals surface area contributed by atoms with Gasteiger partial charge in [-0.3, -0.25) is 0 Å². The predicted octanol–water partition coefficient (Wildman–Crippen LogP) is -0.258. The Bertz CT molecular complexity index is 477. The molecule has 1 aromatic rings. The third kappa shape index (κ3) is 5.71. The quantitative estimate of drug-likeness (QED) is 0.373. The number of nitrogens with one attached hydrogen (secondary N) is 2. The van der Waals surface area contributed by atoms with Crippen molar-refractivity contribution in [2.75, 3.05) is 36.7 Å². The lowest BCUT2D eigenvalue weighted by atomic mass is 10.5. The first kappa shape index (κ1) is 14.0. The zero-order valence-corrected chi connectivity index (χ0v) is 11.2. The fourth-order valence-electron chi connectivity index (χ4n) is 1.05. The van der Waals surface area contributed by atoms with E-state index in [-0.39, 0.29) is 6.54 Å². The lowest BCUT2D eigenvalue weighted by molar-refractivity contribution is 0.589. The molecule has 0 radical (unpaired) electrons. The molecule has 0 aromatic carbocycles. The Balaban J connectivity index is 2.49. The van der Waals surface area contributed by atoms with Gasteiger partial charge in [-0.05, 0) is 6.26 Å². The molecule has 0 aliphatic carbocycles. The van der Waals surface area contributed by atoms with Crippen LogP contribution >= 0.6 is 11.8 Å². The first-order valence-corrected chi connectivity index (χ1v) is 7.89. The molecular weight excluding hydrogens is 262 g/mol. The summed E-state index contributed by atoms with van der Waals surface area (Å²) in [5, 5.41) is 3.53. The number of hydrogen-bond acceptors (Lipinski definition) is 7. The van der Waals surface area contributed by atoms with Crippen molar-refractivity contribution in [2.45, 2.75) is 5.16 Å². The number of nitrogens with two attached hydrogens (primary N) is 1. The van der Waals surface area contributed by atoms with Crippen LogP contribution < -0.4 is 15.8 Å². The zero-order chi connectivity index (χ0) is 12.9. The second kappa shape index (κ2) is 6.03. The molecule has 0 unspecified atom stereocenters. The van der Waals surface area contributed by atoms with Crippen molar-refractivity contribution < 1.29 is 8.42 Å². The normalized spacial score (nSPS) is 11.4.